The van der Waals surface area contributed by atoms with Crippen LogP contribution in [0.2, 0.25) is 0 Å². The van der Waals surface area contributed by atoms with Gasteiger partial charge < -0.3 is 15.6 Å². The van der Waals surface area contributed by atoms with Crippen LogP contribution in [0.1, 0.15) is 6.42 Å². The molecule has 6 nitrogen and oxygen atoms in total. The predicted molar refractivity (Wildman–Crippen MR) is 74.0 cm³/mol. The minimum absolute atomic E-state index is 0.230. The van der Waals surface area contributed by atoms with Gasteiger partial charge in [-0.1, -0.05) is 0 Å². The van der Waals surface area contributed by atoms with Crippen molar-refractivity contribution in [2.24, 2.45) is 5.73 Å². The second kappa shape index (κ2) is 3.89. The van der Waals surface area contributed by atoms with Crippen molar-refractivity contribution in [2.45, 2.75) is 12.5 Å². The summed E-state index contributed by atoms with van der Waals surface area (Å²) in [5, 5.41) is 10.6. The SMILES string of the molecule is NC1CCN(c2nccc3nnc4[nH]ccc4c23)C1. The van der Waals surface area contributed by atoms with Crippen molar-refractivity contribution >= 4 is 27.8 Å². The Morgan fingerprint density at radius 3 is 3.11 bits per heavy atom. The number of hydrogen-bond donors (Lipinski definition) is 2. The Kier molecular flexibility index (Phi) is 2.19. The van der Waals surface area contributed by atoms with Crippen molar-refractivity contribution in [2.75, 3.05) is 18.0 Å². The first-order chi connectivity index (χ1) is 9.33. The van der Waals surface area contributed by atoms with E-state index < -0.39 is 0 Å². The average Bonchev–Trinajstić information content (AvgIpc) is 3.06. The number of nitrogens with one attached hydrogen (secondary N) is 1. The zero-order valence-electron chi connectivity index (χ0n) is 10.4. The maximum Gasteiger partial charge on any atom is 0.160 e. The van der Waals surface area contributed by atoms with Crippen LogP contribution >= 0.6 is 0 Å². The second-order valence-electron chi connectivity index (χ2n) is 4.96. The molecule has 96 valence electrons. The monoisotopic (exact) mass is 254 g/mol. The summed E-state index contributed by atoms with van der Waals surface area (Å²) in [6.45, 7) is 1.79. The van der Waals surface area contributed by atoms with Gasteiger partial charge in [-0.25, -0.2) is 4.98 Å². The zero-order valence-corrected chi connectivity index (χ0v) is 10.4. The molecule has 0 bridgehead atoms. The summed E-state index contributed by atoms with van der Waals surface area (Å²) in [5.41, 5.74) is 7.66. The number of aromatic nitrogens is 4. The van der Waals surface area contributed by atoms with E-state index >= 15 is 0 Å². The summed E-state index contributed by atoms with van der Waals surface area (Å²) in [6.07, 6.45) is 4.67. The maximum absolute atomic E-state index is 6.00. The largest absolute Gasteiger partial charge is 0.354 e. The highest BCUT2D eigenvalue weighted by Gasteiger charge is 2.23. The average molecular weight is 254 g/mol. The minimum Gasteiger partial charge on any atom is -0.354 e. The molecule has 1 aliphatic rings. The third-order valence-corrected chi connectivity index (χ3v) is 3.69. The van der Waals surface area contributed by atoms with Gasteiger partial charge in [0.05, 0.1) is 10.9 Å². The van der Waals surface area contributed by atoms with Gasteiger partial charge in [0.2, 0.25) is 0 Å². The lowest BCUT2D eigenvalue weighted by molar-refractivity contribution is 0.751. The number of nitrogens with two attached hydrogens (primary N) is 1. The fourth-order valence-corrected chi connectivity index (χ4v) is 2.75. The molecule has 0 aliphatic carbocycles. The molecule has 0 radical (unpaired) electrons. The van der Waals surface area contributed by atoms with Crippen LogP contribution in [-0.2, 0) is 0 Å². The Hall–Kier alpha value is -2.21. The predicted octanol–water partition coefficient (Wildman–Crippen LogP) is 1.04. The molecule has 1 fully saturated rings. The van der Waals surface area contributed by atoms with Gasteiger partial charge in [0.25, 0.3) is 0 Å². The third kappa shape index (κ3) is 1.57. The van der Waals surface area contributed by atoms with Gasteiger partial charge in [-0.3, -0.25) is 0 Å². The molecule has 0 spiro atoms. The van der Waals surface area contributed by atoms with Crippen molar-refractivity contribution < 1.29 is 0 Å². The number of hydrogen-bond acceptors (Lipinski definition) is 5. The van der Waals surface area contributed by atoms with Gasteiger partial charge in [0.1, 0.15) is 5.82 Å². The van der Waals surface area contributed by atoms with E-state index in [2.05, 4.69) is 25.1 Å². The quantitative estimate of drug-likeness (QED) is 0.678. The first-order valence-electron chi connectivity index (χ1n) is 6.42. The van der Waals surface area contributed by atoms with Gasteiger partial charge in [0.15, 0.2) is 5.65 Å². The Balaban J connectivity index is 2.01. The van der Waals surface area contributed by atoms with E-state index in [9.17, 15) is 0 Å². The van der Waals surface area contributed by atoms with E-state index in [1.165, 1.54) is 0 Å². The van der Waals surface area contributed by atoms with Crippen LogP contribution in [-0.4, -0.2) is 39.3 Å². The number of rotatable bonds is 1. The fraction of sp³-hybridized carbons (Fsp3) is 0.308. The molecule has 4 rings (SSSR count). The van der Waals surface area contributed by atoms with E-state index in [-0.39, 0.29) is 6.04 Å². The molecule has 6 heteroatoms. The molecular formula is C13H14N6. The van der Waals surface area contributed by atoms with E-state index in [1.54, 1.807) is 6.20 Å². The molecule has 3 aromatic rings. The van der Waals surface area contributed by atoms with E-state index in [0.717, 1.165) is 47.3 Å². The summed E-state index contributed by atoms with van der Waals surface area (Å²) in [4.78, 5) is 9.87. The Bertz CT molecular complexity index is 749. The van der Waals surface area contributed by atoms with Crippen molar-refractivity contribution in [1.82, 2.24) is 20.2 Å². The third-order valence-electron chi connectivity index (χ3n) is 3.69. The van der Waals surface area contributed by atoms with Gasteiger partial charge in [-0.15, -0.1) is 10.2 Å². The molecule has 0 amide bonds. The van der Waals surface area contributed by atoms with Crippen LogP contribution in [0.5, 0.6) is 0 Å². The van der Waals surface area contributed by atoms with Gasteiger partial charge in [0, 0.05) is 36.9 Å². The second-order valence-corrected chi connectivity index (χ2v) is 4.96. The fourth-order valence-electron chi connectivity index (χ4n) is 2.75. The number of pyridine rings is 1. The summed E-state index contributed by atoms with van der Waals surface area (Å²) in [7, 11) is 0. The van der Waals surface area contributed by atoms with Gasteiger partial charge in [-0.05, 0) is 18.6 Å². The summed E-state index contributed by atoms with van der Waals surface area (Å²) >= 11 is 0. The maximum atomic E-state index is 6.00. The molecule has 1 saturated heterocycles. The first kappa shape index (κ1) is 10.7. The Morgan fingerprint density at radius 1 is 1.32 bits per heavy atom. The molecule has 3 aromatic heterocycles. The molecule has 1 atom stereocenters. The number of aromatic amines is 1. The van der Waals surface area contributed by atoms with Crippen molar-refractivity contribution in [3.8, 4) is 0 Å². The van der Waals surface area contributed by atoms with Gasteiger partial charge >= 0.3 is 0 Å². The van der Waals surface area contributed by atoms with E-state index in [1.807, 2.05) is 18.3 Å². The van der Waals surface area contributed by atoms with Crippen LogP contribution in [0.15, 0.2) is 24.5 Å². The highest BCUT2D eigenvalue weighted by Crippen LogP contribution is 2.30. The van der Waals surface area contributed by atoms with Gasteiger partial charge in [-0.2, -0.15) is 0 Å². The lowest BCUT2D eigenvalue weighted by Gasteiger charge is -2.18. The van der Waals surface area contributed by atoms with Crippen molar-refractivity contribution in [3.63, 3.8) is 0 Å². The molecule has 1 unspecified atom stereocenters. The summed E-state index contributed by atoms with van der Waals surface area (Å²) in [5.74, 6) is 0.963. The minimum atomic E-state index is 0.230. The van der Waals surface area contributed by atoms with Crippen LogP contribution < -0.4 is 10.6 Å². The number of nitrogens with zero attached hydrogens (tertiary/aromatic N) is 4. The standard InChI is InChI=1S/C13H14N6/c14-8-3-6-19(7-8)13-11-9-1-4-15-12(9)18-17-10(11)2-5-16-13/h1-2,4-5,8H,3,6-7,14H2,(H,15,18). The normalized spacial score (nSPS) is 19.6. The highest BCUT2D eigenvalue weighted by atomic mass is 15.2. The number of fused-ring (bicyclic) bond motifs is 3. The van der Waals surface area contributed by atoms with Crippen LogP contribution in [0.25, 0.3) is 21.9 Å². The highest BCUT2D eigenvalue weighted by molar-refractivity contribution is 6.08. The smallest absolute Gasteiger partial charge is 0.160 e. The molecule has 1 aliphatic heterocycles. The molecule has 0 aromatic carbocycles. The Labute approximate surface area is 109 Å². The summed E-state index contributed by atoms with van der Waals surface area (Å²) in [6, 6.07) is 4.15. The topological polar surface area (TPSA) is 83.7 Å². The lowest BCUT2D eigenvalue weighted by Crippen LogP contribution is -2.27. The molecule has 4 heterocycles. The summed E-state index contributed by atoms with van der Waals surface area (Å²) < 4.78 is 0. The molecule has 3 N–H and O–H groups in total. The molecule has 19 heavy (non-hydrogen) atoms. The van der Waals surface area contributed by atoms with Crippen LogP contribution in [0.4, 0.5) is 5.82 Å². The number of anilines is 1. The van der Waals surface area contributed by atoms with E-state index in [0.29, 0.717) is 0 Å². The first-order valence-corrected chi connectivity index (χ1v) is 6.42. The van der Waals surface area contributed by atoms with Crippen LogP contribution in [0.3, 0.4) is 0 Å². The lowest BCUT2D eigenvalue weighted by atomic mass is 10.2. The van der Waals surface area contributed by atoms with Crippen LogP contribution in [0, 0.1) is 0 Å². The zero-order chi connectivity index (χ0) is 12.8. The molecular weight excluding hydrogens is 240 g/mol. The Morgan fingerprint density at radius 2 is 2.26 bits per heavy atom. The number of H-pyrrole nitrogens is 1. The van der Waals surface area contributed by atoms with E-state index in [4.69, 9.17) is 5.73 Å². The molecule has 0 saturated carbocycles. The van der Waals surface area contributed by atoms with Crippen molar-refractivity contribution in [3.05, 3.63) is 24.5 Å². The van der Waals surface area contributed by atoms with Crippen molar-refractivity contribution in [1.29, 1.82) is 0 Å².